The van der Waals surface area contributed by atoms with Crippen molar-refractivity contribution in [3.05, 3.63) is 36.3 Å². The summed E-state index contributed by atoms with van der Waals surface area (Å²) in [6.07, 6.45) is 6.08. The first-order valence-electron chi connectivity index (χ1n) is 7.38. The molecule has 0 aromatic carbocycles. The van der Waals surface area contributed by atoms with E-state index < -0.39 is 0 Å². The number of piperidine rings is 1. The Morgan fingerprint density at radius 2 is 2.24 bits per heavy atom. The molecule has 0 unspecified atom stereocenters. The normalized spacial score (nSPS) is 16.6. The van der Waals surface area contributed by atoms with Crippen LogP contribution in [0.4, 0.5) is 0 Å². The van der Waals surface area contributed by atoms with E-state index in [-0.39, 0.29) is 5.91 Å². The maximum Gasteiger partial charge on any atom is 0.231 e. The van der Waals surface area contributed by atoms with Gasteiger partial charge in [-0.2, -0.15) is 0 Å². The van der Waals surface area contributed by atoms with Crippen LogP contribution in [0.1, 0.15) is 18.5 Å². The Kier molecular flexibility index (Phi) is 4.17. The van der Waals surface area contributed by atoms with Crippen molar-refractivity contribution in [2.75, 3.05) is 19.6 Å². The molecule has 6 nitrogen and oxygen atoms in total. The average molecular weight is 287 g/mol. The number of nitrogens with two attached hydrogens (primary N) is 1. The molecule has 3 rings (SSSR count). The Bertz CT molecular complexity index is 584. The van der Waals surface area contributed by atoms with Gasteiger partial charge in [0.25, 0.3) is 0 Å². The Labute approximate surface area is 123 Å². The monoisotopic (exact) mass is 287 g/mol. The van der Waals surface area contributed by atoms with Crippen LogP contribution in [0.5, 0.6) is 0 Å². The highest BCUT2D eigenvalue weighted by molar-refractivity contribution is 5.75. The van der Waals surface area contributed by atoms with E-state index in [2.05, 4.69) is 15.2 Å². The molecule has 0 saturated carbocycles. The first-order valence-corrected chi connectivity index (χ1v) is 7.38. The van der Waals surface area contributed by atoms with Crippen LogP contribution in [-0.2, 0) is 11.3 Å². The smallest absolute Gasteiger partial charge is 0.231 e. The summed E-state index contributed by atoms with van der Waals surface area (Å²) in [5.41, 5.74) is 7.31. The van der Waals surface area contributed by atoms with Gasteiger partial charge in [0.05, 0.1) is 12.2 Å². The number of primary amides is 1. The molecule has 1 aliphatic heterocycles. The molecule has 2 aromatic heterocycles. The summed E-state index contributed by atoms with van der Waals surface area (Å²) >= 11 is 0. The third-order valence-corrected chi connectivity index (χ3v) is 3.96. The van der Waals surface area contributed by atoms with Crippen LogP contribution in [-0.4, -0.2) is 45.9 Å². The first kappa shape index (κ1) is 14.0. The molecule has 1 fully saturated rings. The molecule has 0 spiro atoms. The Morgan fingerprint density at radius 3 is 2.95 bits per heavy atom. The van der Waals surface area contributed by atoms with Gasteiger partial charge in [0.2, 0.25) is 5.91 Å². The summed E-state index contributed by atoms with van der Waals surface area (Å²) in [5.74, 6) is -0.280. The number of pyridine rings is 1. The van der Waals surface area contributed by atoms with Gasteiger partial charge in [-0.3, -0.25) is 9.69 Å². The maximum absolute atomic E-state index is 11.4. The molecule has 0 atom stereocenters. The summed E-state index contributed by atoms with van der Waals surface area (Å²) in [6, 6.07) is 6.32. The van der Waals surface area contributed by atoms with Crippen LogP contribution in [0.2, 0.25) is 0 Å². The molecular formula is C15H21N5O. The predicted molar refractivity (Wildman–Crippen MR) is 80.7 cm³/mol. The van der Waals surface area contributed by atoms with Gasteiger partial charge in [0.1, 0.15) is 5.65 Å². The number of imidazole rings is 1. The van der Waals surface area contributed by atoms with E-state index in [1.54, 1.807) is 0 Å². The largest absolute Gasteiger partial charge is 0.369 e. The van der Waals surface area contributed by atoms with Crippen molar-refractivity contribution in [1.29, 1.82) is 0 Å². The molecule has 0 bridgehead atoms. The van der Waals surface area contributed by atoms with Crippen LogP contribution in [0, 0.1) is 0 Å². The second-order valence-electron chi connectivity index (χ2n) is 5.55. The van der Waals surface area contributed by atoms with Crippen molar-refractivity contribution < 1.29 is 4.79 Å². The quantitative estimate of drug-likeness (QED) is 0.833. The van der Waals surface area contributed by atoms with E-state index in [9.17, 15) is 4.79 Å². The van der Waals surface area contributed by atoms with E-state index >= 15 is 0 Å². The van der Waals surface area contributed by atoms with Gasteiger partial charge in [-0.25, -0.2) is 4.98 Å². The van der Waals surface area contributed by atoms with Crippen molar-refractivity contribution >= 4 is 11.6 Å². The molecular weight excluding hydrogens is 266 g/mol. The number of nitrogens with zero attached hydrogens (tertiary/aromatic N) is 3. The predicted octanol–water partition coefficient (Wildman–Crippen LogP) is 0.374. The number of nitrogens with one attached hydrogen (secondary N) is 1. The average Bonchev–Trinajstić information content (AvgIpc) is 2.89. The fraction of sp³-hybridized carbons (Fsp3) is 0.467. The maximum atomic E-state index is 11.4. The lowest BCUT2D eigenvalue weighted by Gasteiger charge is -2.33. The van der Waals surface area contributed by atoms with Gasteiger partial charge in [-0.05, 0) is 38.1 Å². The summed E-state index contributed by atoms with van der Waals surface area (Å²) in [6.45, 7) is 2.93. The number of hydrogen-bond acceptors (Lipinski definition) is 4. The zero-order chi connectivity index (χ0) is 14.7. The number of amides is 1. The summed E-state index contributed by atoms with van der Waals surface area (Å²) < 4.78 is 2.00. The minimum Gasteiger partial charge on any atom is -0.369 e. The lowest BCUT2D eigenvalue weighted by atomic mass is 10.0. The Balaban J connectivity index is 1.77. The van der Waals surface area contributed by atoms with E-state index in [1.165, 1.54) is 0 Å². The van der Waals surface area contributed by atoms with Gasteiger partial charge >= 0.3 is 0 Å². The minimum absolute atomic E-state index is 0.280. The van der Waals surface area contributed by atoms with Crippen LogP contribution in [0.25, 0.3) is 5.65 Å². The van der Waals surface area contributed by atoms with Crippen molar-refractivity contribution in [2.45, 2.75) is 25.4 Å². The lowest BCUT2D eigenvalue weighted by Crippen LogP contribution is -2.46. The van der Waals surface area contributed by atoms with Crippen molar-refractivity contribution in [3.63, 3.8) is 0 Å². The highest BCUT2D eigenvalue weighted by Crippen LogP contribution is 2.15. The van der Waals surface area contributed by atoms with Crippen LogP contribution >= 0.6 is 0 Å². The standard InChI is InChI=1S/C15H21N5O/c16-14(21)11-20(13-4-6-17-7-5-13)10-12-9-19-8-2-1-3-15(19)18-12/h1-3,8-9,13,17H,4-7,10-11H2,(H2,16,21). The highest BCUT2D eigenvalue weighted by Gasteiger charge is 2.23. The summed E-state index contributed by atoms with van der Waals surface area (Å²) in [4.78, 5) is 18.1. The van der Waals surface area contributed by atoms with Gasteiger partial charge in [0.15, 0.2) is 0 Å². The van der Waals surface area contributed by atoms with Gasteiger partial charge in [0, 0.05) is 25.0 Å². The second kappa shape index (κ2) is 6.24. The molecule has 3 N–H and O–H groups in total. The molecule has 21 heavy (non-hydrogen) atoms. The van der Waals surface area contributed by atoms with Crippen molar-refractivity contribution in [1.82, 2.24) is 19.6 Å². The zero-order valence-corrected chi connectivity index (χ0v) is 12.0. The second-order valence-corrected chi connectivity index (χ2v) is 5.55. The molecule has 1 aliphatic rings. The van der Waals surface area contributed by atoms with E-state index in [0.717, 1.165) is 37.3 Å². The highest BCUT2D eigenvalue weighted by atomic mass is 16.1. The Morgan fingerprint density at radius 1 is 1.43 bits per heavy atom. The van der Waals surface area contributed by atoms with E-state index in [0.29, 0.717) is 19.1 Å². The lowest BCUT2D eigenvalue weighted by molar-refractivity contribution is -0.120. The van der Waals surface area contributed by atoms with Gasteiger partial charge < -0.3 is 15.5 Å². The molecule has 6 heteroatoms. The molecule has 2 aromatic rings. The molecule has 1 saturated heterocycles. The van der Waals surface area contributed by atoms with Crippen molar-refractivity contribution in [2.24, 2.45) is 5.73 Å². The number of carbonyl (C=O) groups excluding carboxylic acids is 1. The molecule has 3 heterocycles. The van der Waals surface area contributed by atoms with E-state index in [1.807, 2.05) is 35.0 Å². The van der Waals surface area contributed by atoms with Gasteiger partial charge in [-0.1, -0.05) is 6.07 Å². The zero-order valence-electron chi connectivity index (χ0n) is 12.0. The topological polar surface area (TPSA) is 75.7 Å². The summed E-state index contributed by atoms with van der Waals surface area (Å²) in [7, 11) is 0. The third kappa shape index (κ3) is 3.40. The van der Waals surface area contributed by atoms with E-state index in [4.69, 9.17) is 5.73 Å². The fourth-order valence-electron chi connectivity index (χ4n) is 2.96. The molecule has 1 amide bonds. The number of aromatic nitrogens is 2. The Hall–Kier alpha value is -1.92. The van der Waals surface area contributed by atoms with Crippen LogP contribution in [0.15, 0.2) is 30.6 Å². The van der Waals surface area contributed by atoms with Gasteiger partial charge in [-0.15, -0.1) is 0 Å². The molecule has 0 aliphatic carbocycles. The molecule has 0 radical (unpaired) electrons. The number of fused-ring (bicyclic) bond motifs is 1. The third-order valence-electron chi connectivity index (χ3n) is 3.96. The molecule has 112 valence electrons. The number of hydrogen-bond donors (Lipinski definition) is 2. The van der Waals surface area contributed by atoms with Crippen LogP contribution in [0.3, 0.4) is 0 Å². The first-order chi connectivity index (χ1) is 10.2. The summed E-state index contributed by atoms with van der Waals surface area (Å²) in [5, 5.41) is 3.35. The van der Waals surface area contributed by atoms with Crippen molar-refractivity contribution in [3.8, 4) is 0 Å². The number of rotatable bonds is 5. The minimum atomic E-state index is -0.280. The van der Waals surface area contributed by atoms with Crippen LogP contribution < -0.4 is 11.1 Å². The SMILES string of the molecule is NC(=O)CN(Cc1cn2ccccc2n1)C1CCNCC1. The number of carbonyl (C=O) groups is 1. The fourth-order valence-corrected chi connectivity index (χ4v) is 2.96.